The van der Waals surface area contributed by atoms with E-state index in [1.165, 1.54) is 89.9 Å². The van der Waals surface area contributed by atoms with Gasteiger partial charge in [-0.2, -0.15) is 0 Å². The Balaban J connectivity index is 4.56. The molecule has 0 aromatic carbocycles. The normalized spacial score (nSPS) is 13.0. The summed E-state index contributed by atoms with van der Waals surface area (Å²) < 4.78 is 16.7. The van der Waals surface area contributed by atoms with E-state index >= 15 is 0 Å². The fraction of sp³-hybridized carbons (Fsp3) is 0.644. The zero-order valence-corrected chi connectivity index (χ0v) is 42.0. The van der Waals surface area contributed by atoms with Crippen LogP contribution in [-0.4, -0.2) is 37.2 Å². The molecule has 368 valence electrons. The Morgan fingerprint density at radius 1 is 0.323 bits per heavy atom. The van der Waals surface area contributed by atoms with E-state index in [2.05, 4.69) is 69.4 Å². The number of carbonyl (C=O) groups is 3. The fourth-order valence-corrected chi connectivity index (χ4v) is 6.93. The zero-order chi connectivity index (χ0) is 47.2. The lowest BCUT2D eigenvalue weighted by Crippen LogP contribution is -2.30. The van der Waals surface area contributed by atoms with Gasteiger partial charge in [-0.1, -0.05) is 226 Å². The first-order chi connectivity index (χ1) is 32.0. The first kappa shape index (κ1) is 61.1. The third kappa shape index (κ3) is 50.9. The van der Waals surface area contributed by atoms with Crippen molar-refractivity contribution < 1.29 is 28.6 Å². The first-order valence-electron chi connectivity index (χ1n) is 26.5. The van der Waals surface area contributed by atoms with Gasteiger partial charge in [0.25, 0.3) is 0 Å². The lowest BCUT2D eigenvalue weighted by Gasteiger charge is -2.18. The number of hydrogen-bond donors (Lipinski definition) is 0. The van der Waals surface area contributed by atoms with Crippen LogP contribution in [-0.2, 0) is 28.6 Å². The second-order valence-corrected chi connectivity index (χ2v) is 17.2. The molecule has 0 fully saturated rings. The summed E-state index contributed by atoms with van der Waals surface area (Å²) in [6.07, 6.45) is 70.7. The molecule has 0 aliphatic rings. The van der Waals surface area contributed by atoms with Crippen molar-refractivity contribution in [1.82, 2.24) is 0 Å². The van der Waals surface area contributed by atoms with Gasteiger partial charge in [-0.15, -0.1) is 0 Å². The minimum Gasteiger partial charge on any atom is -0.462 e. The lowest BCUT2D eigenvalue weighted by atomic mass is 10.1. The van der Waals surface area contributed by atoms with Gasteiger partial charge >= 0.3 is 17.9 Å². The largest absolute Gasteiger partial charge is 0.462 e. The molecular weight excluding hydrogens is 805 g/mol. The molecule has 0 N–H and O–H groups in total. The molecule has 0 aliphatic heterocycles. The summed E-state index contributed by atoms with van der Waals surface area (Å²) in [6.45, 7) is 6.40. The Morgan fingerprint density at radius 3 is 1.00 bits per heavy atom. The average molecular weight is 901 g/mol. The lowest BCUT2D eigenvalue weighted by molar-refractivity contribution is -0.167. The summed E-state index contributed by atoms with van der Waals surface area (Å²) in [5.74, 6) is -1.00. The minimum atomic E-state index is -0.818. The molecule has 6 heteroatoms. The van der Waals surface area contributed by atoms with Crippen molar-refractivity contribution in [1.29, 1.82) is 0 Å². The summed E-state index contributed by atoms with van der Waals surface area (Å²) >= 11 is 0. The van der Waals surface area contributed by atoms with Crippen LogP contribution in [0.2, 0.25) is 0 Å². The van der Waals surface area contributed by atoms with E-state index in [0.29, 0.717) is 12.8 Å². The Kier molecular flexibility index (Phi) is 49.5. The maximum Gasteiger partial charge on any atom is 0.306 e. The highest BCUT2D eigenvalue weighted by Crippen LogP contribution is 2.13. The fourth-order valence-electron chi connectivity index (χ4n) is 6.93. The molecule has 0 rings (SSSR count). The second kappa shape index (κ2) is 52.7. The maximum absolute atomic E-state index is 12.8. The van der Waals surface area contributed by atoms with Crippen LogP contribution in [0.5, 0.6) is 0 Å². The second-order valence-electron chi connectivity index (χ2n) is 17.2. The standard InChI is InChI=1S/C59H96O6/c1-4-7-10-13-16-19-22-25-28-30-32-34-37-40-43-46-49-52-58(61)64-55-56(54-63-57(60)51-48-45-42-39-36-33-27-24-21-18-15-12-9-6-3)65-59(62)53-50-47-44-41-38-35-31-29-26-23-20-17-14-11-8-5-2/h7,10,13,16,19,22,25,28-38,56H,4-6,8-9,11-12,14-15,17-18,20-21,23-24,26-27,39-55H2,1-3H3/b10-7-,16-13-,22-19-,28-25-,31-29-,32-30+,36-33-,37-34-,38-35-. The van der Waals surface area contributed by atoms with Crippen LogP contribution in [0.1, 0.15) is 226 Å². The quantitative estimate of drug-likeness (QED) is 0.0199. The van der Waals surface area contributed by atoms with Crippen molar-refractivity contribution in [2.45, 2.75) is 232 Å². The molecule has 0 radical (unpaired) electrons. The van der Waals surface area contributed by atoms with Crippen LogP contribution in [0.3, 0.4) is 0 Å². The van der Waals surface area contributed by atoms with Gasteiger partial charge in [0.15, 0.2) is 6.10 Å². The van der Waals surface area contributed by atoms with Gasteiger partial charge in [-0.3, -0.25) is 14.4 Å². The van der Waals surface area contributed by atoms with Gasteiger partial charge in [0.05, 0.1) is 0 Å². The van der Waals surface area contributed by atoms with Gasteiger partial charge in [0.2, 0.25) is 0 Å². The molecule has 6 nitrogen and oxygen atoms in total. The summed E-state index contributed by atoms with van der Waals surface area (Å²) in [6, 6.07) is 0. The number of allylic oxidation sites excluding steroid dienone is 18. The number of esters is 3. The smallest absolute Gasteiger partial charge is 0.306 e. The van der Waals surface area contributed by atoms with E-state index in [9.17, 15) is 14.4 Å². The van der Waals surface area contributed by atoms with E-state index in [1.54, 1.807) is 0 Å². The number of unbranched alkanes of at least 4 members (excludes halogenated alkanes) is 23. The number of carbonyl (C=O) groups excluding carboxylic acids is 3. The van der Waals surface area contributed by atoms with Crippen LogP contribution in [0.4, 0.5) is 0 Å². The molecule has 0 aromatic rings. The average Bonchev–Trinajstić information content (AvgIpc) is 3.30. The van der Waals surface area contributed by atoms with Gasteiger partial charge in [-0.05, 0) is 89.9 Å². The van der Waals surface area contributed by atoms with E-state index in [0.717, 1.165) is 96.3 Å². The highest BCUT2D eigenvalue weighted by atomic mass is 16.6. The molecule has 0 bridgehead atoms. The molecular formula is C59H96O6. The molecule has 0 spiro atoms. The Hall–Kier alpha value is -3.93. The zero-order valence-electron chi connectivity index (χ0n) is 42.0. The topological polar surface area (TPSA) is 78.9 Å². The van der Waals surface area contributed by atoms with Crippen molar-refractivity contribution >= 4 is 17.9 Å². The van der Waals surface area contributed by atoms with Crippen molar-refractivity contribution in [3.63, 3.8) is 0 Å². The highest BCUT2D eigenvalue weighted by Gasteiger charge is 2.19. The monoisotopic (exact) mass is 901 g/mol. The van der Waals surface area contributed by atoms with Gasteiger partial charge in [-0.25, -0.2) is 0 Å². The van der Waals surface area contributed by atoms with Crippen molar-refractivity contribution in [2.24, 2.45) is 0 Å². The Labute approximate surface area is 400 Å². The van der Waals surface area contributed by atoms with E-state index < -0.39 is 6.10 Å². The molecule has 65 heavy (non-hydrogen) atoms. The van der Waals surface area contributed by atoms with E-state index in [1.807, 2.05) is 60.8 Å². The van der Waals surface area contributed by atoms with Crippen molar-refractivity contribution in [3.05, 3.63) is 109 Å². The van der Waals surface area contributed by atoms with Crippen LogP contribution < -0.4 is 0 Å². The summed E-state index contributed by atoms with van der Waals surface area (Å²) in [7, 11) is 0. The van der Waals surface area contributed by atoms with Gasteiger partial charge in [0, 0.05) is 19.3 Å². The summed E-state index contributed by atoms with van der Waals surface area (Å²) in [5, 5.41) is 0. The predicted octanol–water partition coefficient (Wildman–Crippen LogP) is 17.5. The number of hydrogen-bond acceptors (Lipinski definition) is 6. The molecule has 0 saturated heterocycles. The molecule has 1 unspecified atom stereocenters. The maximum atomic E-state index is 12.8. The minimum absolute atomic E-state index is 0.113. The number of rotatable bonds is 46. The highest BCUT2D eigenvalue weighted by molar-refractivity contribution is 5.71. The van der Waals surface area contributed by atoms with Crippen LogP contribution in [0.25, 0.3) is 0 Å². The predicted molar refractivity (Wildman–Crippen MR) is 279 cm³/mol. The molecule has 0 amide bonds. The van der Waals surface area contributed by atoms with Crippen LogP contribution >= 0.6 is 0 Å². The molecule has 0 saturated carbocycles. The molecule has 1 atom stereocenters. The van der Waals surface area contributed by atoms with Gasteiger partial charge < -0.3 is 14.2 Å². The molecule has 0 aromatic heterocycles. The van der Waals surface area contributed by atoms with E-state index in [-0.39, 0.29) is 37.5 Å². The SMILES string of the molecule is CC\C=C/C=C\C=C/C=C\C=C\C=C/CCCCCC(=O)OCC(COC(=O)CCCCC/C=C\CCCCCCCCC)OC(=O)CCCCC/C=C\C=C/CCCCCCCCC. The number of ether oxygens (including phenoxy) is 3. The molecule has 0 heterocycles. The van der Waals surface area contributed by atoms with Crippen LogP contribution in [0, 0.1) is 0 Å². The van der Waals surface area contributed by atoms with Gasteiger partial charge in [0.1, 0.15) is 13.2 Å². The van der Waals surface area contributed by atoms with Crippen molar-refractivity contribution in [2.75, 3.05) is 13.2 Å². The summed E-state index contributed by atoms with van der Waals surface area (Å²) in [5.41, 5.74) is 0. The first-order valence-corrected chi connectivity index (χ1v) is 26.5. The van der Waals surface area contributed by atoms with E-state index in [4.69, 9.17) is 14.2 Å². The molecule has 0 aliphatic carbocycles. The van der Waals surface area contributed by atoms with Crippen molar-refractivity contribution in [3.8, 4) is 0 Å². The van der Waals surface area contributed by atoms with Crippen LogP contribution in [0.15, 0.2) is 109 Å². The third-order valence-corrected chi connectivity index (χ3v) is 10.9. The third-order valence-electron chi connectivity index (χ3n) is 10.9. The Bertz CT molecular complexity index is 1360. The Morgan fingerprint density at radius 2 is 0.615 bits per heavy atom. The summed E-state index contributed by atoms with van der Waals surface area (Å²) in [4.78, 5) is 38.0.